The monoisotopic (exact) mass is 210 g/mol. The molecule has 1 aliphatic heterocycles. The topological polar surface area (TPSA) is 32.3 Å². The first-order valence-electron chi connectivity index (χ1n) is 6.25. The van der Waals surface area contributed by atoms with Gasteiger partial charge in [0.15, 0.2) is 0 Å². The Balaban J connectivity index is 1.80. The lowest BCUT2D eigenvalue weighted by molar-refractivity contribution is -0.129. The van der Waals surface area contributed by atoms with E-state index in [9.17, 15) is 4.79 Å². The van der Waals surface area contributed by atoms with E-state index in [-0.39, 0.29) is 6.04 Å². The van der Waals surface area contributed by atoms with Gasteiger partial charge in [0.1, 0.15) is 0 Å². The summed E-state index contributed by atoms with van der Waals surface area (Å²) in [6, 6.07) is 0.768. The third kappa shape index (κ3) is 2.71. The summed E-state index contributed by atoms with van der Waals surface area (Å²) in [5.74, 6) is 0.968. The Labute approximate surface area is 92.2 Å². The van der Waals surface area contributed by atoms with Crippen molar-refractivity contribution in [3.05, 3.63) is 0 Å². The molecule has 0 radical (unpaired) electrons. The van der Waals surface area contributed by atoms with Gasteiger partial charge in [-0.2, -0.15) is 0 Å². The van der Waals surface area contributed by atoms with Crippen molar-refractivity contribution in [1.29, 1.82) is 0 Å². The van der Waals surface area contributed by atoms with Gasteiger partial charge in [-0.05, 0) is 25.2 Å². The van der Waals surface area contributed by atoms with Crippen LogP contribution in [0.15, 0.2) is 0 Å². The number of nitrogens with one attached hydrogen (secondary N) is 1. The van der Waals surface area contributed by atoms with Gasteiger partial charge in [0.05, 0.1) is 6.04 Å². The summed E-state index contributed by atoms with van der Waals surface area (Å²) < 4.78 is 0. The highest BCUT2D eigenvalue weighted by Gasteiger charge is 2.35. The molecule has 1 heterocycles. The Bertz CT molecular complexity index is 238. The number of likely N-dealkylation sites (tertiary alicyclic amines) is 1. The zero-order valence-electron chi connectivity index (χ0n) is 9.83. The van der Waals surface area contributed by atoms with Crippen LogP contribution in [0.2, 0.25) is 0 Å². The molecule has 0 bridgehead atoms. The highest BCUT2D eigenvalue weighted by molar-refractivity contribution is 5.84. The normalized spacial score (nSPS) is 28.5. The molecule has 86 valence electrons. The maximum Gasteiger partial charge on any atom is 0.239 e. The Kier molecular flexibility index (Phi) is 3.29. The number of carbonyl (C=O) groups is 1. The molecule has 2 atom stereocenters. The van der Waals surface area contributed by atoms with E-state index in [1.54, 1.807) is 0 Å². The SMILES string of the molecule is CCC(C)CN1CCC(NC2CC2)C1=O. The molecule has 1 amide bonds. The number of carbonyl (C=O) groups excluding carboxylic acids is 1. The molecule has 15 heavy (non-hydrogen) atoms. The van der Waals surface area contributed by atoms with E-state index in [0.717, 1.165) is 25.9 Å². The minimum absolute atomic E-state index is 0.126. The molecule has 1 aliphatic carbocycles. The average Bonchev–Trinajstić information content (AvgIpc) is 2.98. The van der Waals surface area contributed by atoms with E-state index in [0.29, 0.717) is 17.9 Å². The molecular weight excluding hydrogens is 188 g/mol. The maximum absolute atomic E-state index is 12.0. The quantitative estimate of drug-likeness (QED) is 0.743. The minimum atomic E-state index is 0.126. The molecule has 0 aromatic heterocycles. The van der Waals surface area contributed by atoms with Crippen molar-refractivity contribution in [1.82, 2.24) is 10.2 Å². The van der Waals surface area contributed by atoms with E-state index in [4.69, 9.17) is 0 Å². The molecule has 2 fully saturated rings. The summed E-state index contributed by atoms with van der Waals surface area (Å²) in [4.78, 5) is 14.0. The fraction of sp³-hybridized carbons (Fsp3) is 0.917. The smallest absolute Gasteiger partial charge is 0.239 e. The molecule has 2 rings (SSSR count). The van der Waals surface area contributed by atoms with E-state index < -0.39 is 0 Å². The van der Waals surface area contributed by atoms with Crippen molar-refractivity contribution in [3.8, 4) is 0 Å². The Morgan fingerprint density at radius 2 is 2.20 bits per heavy atom. The summed E-state index contributed by atoms with van der Waals surface area (Å²) >= 11 is 0. The molecule has 0 aromatic carbocycles. The van der Waals surface area contributed by atoms with Gasteiger partial charge in [0.25, 0.3) is 0 Å². The van der Waals surface area contributed by atoms with Crippen LogP contribution in [0.1, 0.15) is 39.5 Å². The number of amides is 1. The third-order valence-corrected chi connectivity index (χ3v) is 3.54. The number of hydrogen-bond acceptors (Lipinski definition) is 2. The van der Waals surface area contributed by atoms with Gasteiger partial charge < -0.3 is 10.2 Å². The van der Waals surface area contributed by atoms with Gasteiger partial charge in [-0.3, -0.25) is 4.79 Å². The van der Waals surface area contributed by atoms with E-state index in [1.165, 1.54) is 12.8 Å². The summed E-state index contributed by atoms with van der Waals surface area (Å²) in [5.41, 5.74) is 0. The first-order valence-corrected chi connectivity index (χ1v) is 6.25. The molecular formula is C12H22N2O. The summed E-state index contributed by atoms with van der Waals surface area (Å²) in [5, 5.41) is 3.43. The minimum Gasteiger partial charge on any atom is -0.341 e. The fourth-order valence-corrected chi connectivity index (χ4v) is 2.11. The Hall–Kier alpha value is -0.570. The second-order valence-corrected chi connectivity index (χ2v) is 5.08. The van der Waals surface area contributed by atoms with Gasteiger partial charge in [0.2, 0.25) is 5.91 Å². The van der Waals surface area contributed by atoms with E-state index >= 15 is 0 Å². The predicted octanol–water partition coefficient (Wildman–Crippen LogP) is 1.39. The van der Waals surface area contributed by atoms with Crippen molar-refractivity contribution in [2.75, 3.05) is 13.1 Å². The number of nitrogens with zero attached hydrogens (tertiary/aromatic N) is 1. The van der Waals surface area contributed by atoms with Crippen molar-refractivity contribution in [2.45, 2.75) is 51.6 Å². The molecule has 1 saturated heterocycles. The molecule has 0 spiro atoms. The molecule has 0 aromatic rings. The highest BCUT2D eigenvalue weighted by Crippen LogP contribution is 2.23. The van der Waals surface area contributed by atoms with Crippen LogP contribution >= 0.6 is 0 Å². The maximum atomic E-state index is 12.0. The first-order chi connectivity index (χ1) is 7.20. The molecule has 1 N–H and O–H groups in total. The summed E-state index contributed by atoms with van der Waals surface area (Å²) in [7, 11) is 0. The highest BCUT2D eigenvalue weighted by atomic mass is 16.2. The van der Waals surface area contributed by atoms with Crippen LogP contribution in [-0.4, -0.2) is 36.0 Å². The van der Waals surface area contributed by atoms with Crippen molar-refractivity contribution in [2.24, 2.45) is 5.92 Å². The largest absolute Gasteiger partial charge is 0.341 e. The van der Waals surface area contributed by atoms with Crippen LogP contribution in [-0.2, 0) is 4.79 Å². The molecule has 3 heteroatoms. The van der Waals surface area contributed by atoms with Crippen molar-refractivity contribution < 1.29 is 4.79 Å². The standard InChI is InChI=1S/C12H22N2O/c1-3-9(2)8-14-7-6-11(12(14)15)13-10-4-5-10/h9-11,13H,3-8H2,1-2H3. The second-order valence-electron chi connectivity index (χ2n) is 5.08. The average molecular weight is 210 g/mol. The van der Waals surface area contributed by atoms with Crippen LogP contribution in [0.25, 0.3) is 0 Å². The fourth-order valence-electron chi connectivity index (χ4n) is 2.11. The first kappa shape index (κ1) is 10.9. The van der Waals surface area contributed by atoms with Crippen molar-refractivity contribution >= 4 is 5.91 Å². The molecule has 1 saturated carbocycles. The lowest BCUT2D eigenvalue weighted by atomic mass is 10.1. The zero-order chi connectivity index (χ0) is 10.8. The van der Waals surface area contributed by atoms with Gasteiger partial charge >= 0.3 is 0 Å². The Morgan fingerprint density at radius 3 is 2.80 bits per heavy atom. The molecule has 3 nitrogen and oxygen atoms in total. The van der Waals surface area contributed by atoms with E-state index in [2.05, 4.69) is 19.2 Å². The van der Waals surface area contributed by atoms with Crippen LogP contribution in [0.4, 0.5) is 0 Å². The molecule has 2 unspecified atom stereocenters. The van der Waals surface area contributed by atoms with Gasteiger partial charge in [-0.15, -0.1) is 0 Å². The number of hydrogen-bond donors (Lipinski definition) is 1. The predicted molar refractivity (Wildman–Crippen MR) is 60.6 cm³/mol. The third-order valence-electron chi connectivity index (χ3n) is 3.54. The Morgan fingerprint density at radius 1 is 1.47 bits per heavy atom. The van der Waals surface area contributed by atoms with E-state index in [1.807, 2.05) is 4.90 Å². The van der Waals surface area contributed by atoms with Crippen LogP contribution in [0.5, 0.6) is 0 Å². The van der Waals surface area contributed by atoms with Crippen molar-refractivity contribution in [3.63, 3.8) is 0 Å². The second kappa shape index (κ2) is 4.52. The lowest BCUT2D eigenvalue weighted by Gasteiger charge is -2.20. The van der Waals surface area contributed by atoms with Crippen LogP contribution < -0.4 is 5.32 Å². The summed E-state index contributed by atoms with van der Waals surface area (Å²) in [6.07, 6.45) is 4.68. The van der Waals surface area contributed by atoms with Crippen LogP contribution in [0, 0.1) is 5.92 Å². The van der Waals surface area contributed by atoms with Gasteiger partial charge in [-0.1, -0.05) is 20.3 Å². The zero-order valence-corrected chi connectivity index (χ0v) is 9.83. The number of rotatable bonds is 5. The summed E-state index contributed by atoms with van der Waals surface area (Å²) in [6.45, 7) is 6.30. The van der Waals surface area contributed by atoms with Gasteiger partial charge in [-0.25, -0.2) is 0 Å². The van der Waals surface area contributed by atoms with Crippen LogP contribution in [0.3, 0.4) is 0 Å². The van der Waals surface area contributed by atoms with Gasteiger partial charge in [0, 0.05) is 19.1 Å². The lowest BCUT2D eigenvalue weighted by Crippen LogP contribution is -2.40. The molecule has 2 aliphatic rings.